The molecule has 2 N–H and O–H groups in total. The van der Waals surface area contributed by atoms with Crippen molar-refractivity contribution in [2.24, 2.45) is 4.99 Å². The highest BCUT2D eigenvalue weighted by Gasteiger charge is 2.01. The predicted molar refractivity (Wildman–Crippen MR) is 34.4 cm³/mol. The minimum Gasteiger partial charge on any atom is -0.370 e. The lowest BCUT2D eigenvalue weighted by atomic mass is 10.6. The van der Waals surface area contributed by atoms with Crippen LogP contribution < -0.4 is 10.6 Å². The monoisotopic (exact) mass is 127 g/mol. The minimum absolute atomic E-state index is 0.531. The Morgan fingerprint density at radius 3 is 3.33 bits per heavy atom. The van der Waals surface area contributed by atoms with E-state index in [9.17, 15) is 4.79 Å². The van der Waals surface area contributed by atoms with Gasteiger partial charge in [-0.3, -0.25) is 9.79 Å². The van der Waals surface area contributed by atoms with E-state index < -0.39 is 0 Å². The first-order valence-electron chi connectivity index (χ1n) is 2.87. The van der Waals surface area contributed by atoms with Crippen molar-refractivity contribution in [3.05, 3.63) is 0 Å². The van der Waals surface area contributed by atoms with E-state index >= 15 is 0 Å². The summed E-state index contributed by atoms with van der Waals surface area (Å²) in [6.07, 6.45) is 0.669. The summed E-state index contributed by atoms with van der Waals surface area (Å²) in [5, 5.41) is 5.54. The molecule has 0 aromatic rings. The summed E-state index contributed by atoms with van der Waals surface area (Å²) in [6.45, 7) is 2.26. The number of nitrogens with zero attached hydrogens (tertiary/aromatic N) is 1. The predicted octanol–water partition coefficient (Wildman–Crippen LogP) is -1.27. The number of hydrogen-bond donors (Lipinski definition) is 2. The number of hydrogen-bond acceptors (Lipinski definition) is 3. The van der Waals surface area contributed by atoms with Crippen LogP contribution in [0.4, 0.5) is 0 Å². The van der Waals surface area contributed by atoms with Crippen molar-refractivity contribution in [2.75, 3.05) is 19.6 Å². The van der Waals surface area contributed by atoms with Crippen LogP contribution in [0.25, 0.3) is 0 Å². The zero-order valence-electron chi connectivity index (χ0n) is 5.05. The second kappa shape index (κ2) is 3.06. The molecule has 9 heavy (non-hydrogen) atoms. The Hall–Kier alpha value is -1.06. The summed E-state index contributed by atoms with van der Waals surface area (Å²) in [5.41, 5.74) is 0. The maximum absolute atomic E-state index is 9.77. The lowest BCUT2D eigenvalue weighted by Gasteiger charge is -1.97. The van der Waals surface area contributed by atoms with Gasteiger partial charge in [0.15, 0.2) is 0 Å². The number of amides is 1. The molecule has 1 aliphatic heterocycles. The second-order valence-corrected chi connectivity index (χ2v) is 1.75. The average molecular weight is 127 g/mol. The first kappa shape index (κ1) is 6.07. The number of carbonyl (C=O) groups excluding carboxylic acids is 1. The summed E-state index contributed by atoms with van der Waals surface area (Å²) < 4.78 is 0. The molecule has 0 atom stereocenters. The Bertz CT molecular complexity index is 132. The molecule has 0 saturated heterocycles. The van der Waals surface area contributed by atoms with Crippen LogP contribution in [0.15, 0.2) is 4.99 Å². The van der Waals surface area contributed by atoms with Gasteiger partial charge in [-0.15, -0.1) is 0 Å². The van der Waals surface area contributed by atoms with E-state index in [1.54, 1.807) is 0 Å². The third-order valence-corrected chi connectivity index (χ3v) is 1.10. The van der Waals surface area contributed by atoms with E-state index in [1.165, 1.54) is 0 Å². The van der Waals surface area contributed by atoms with Gasteiger partial charge in [0.05, 0.1) is 13.1 Å². The van der Waals surface area contributed by atoms with Crippen LogP contribution in [0.5, 0.6) is 0 Å². The third kappa shape index (κ3) is 1.71. The smallest absolute Gasteiger partial charge is 0.207 e. The van der Waals surface area contributed by atoms with Gasteiger partial charge in [-0.2, -0.15) is 0 Å². The summed E-state index contributed by atoms with van der Waals surface area (Å²) in [4.78, 5) is 13.8. The van der Waals surface area contributed by atoms with Gasteiger partial charge in [0.2, 0.25) is 6.41 Å². The van der Waals surface area contributed by atoms with Crippen LogP contribution in [-0.4, -0.2) is 31.9 Å². The van der Waals surface area contributed by atoms with Crippen LogP contribution >= 0.6 is 0 Å². The van der Waals surface area contributed by atoms with Crippen molar-refractivity contribution in [3.63, 3.8) is 0 Å². The molecule has 4 heteroatoms. The van der Waals surface area contributed by atoms with E-state index in [0.29, 0.717) is 13.0 Å². The minimum atomic E-state index is 0.531. The lowest BCUT2D eigenvalue weighted by molar-refractivity contribution is -0.109. The summed E-state index contributed by atoms with van der Waals surface area (Å²) in [5.74, 6) is 0.877. The average Bonchev–Trinajstić information content (AvgIpc) is 2.34. The Balaban J connectivity index is 2.18. The molecule has 1 aliphatic rings. The van der Waals surface area contributed by atoms with Crippen molar-refractivity contribution < 1.29 is 4.79 Å². The van der Waals surface area contributed by atoms with Gasteiger partial charge in [-0.1, -0.05) is 0 Å². The van der Waals surface area contributed by atoms with E-state index in [4.69, 9.17) is 0 Å². The van der Waals surface area contributed by atoms with E-state index in [0.717, 1.165) is 18.9 Å². The number of amidine groups is 1. The van der Waals surface area contributed by atoms with Crippen molar-refractivity contribution in [1.82, 2.24) is 10.6 Å². The Morgan fingerprint density at radius 2 is 2.78 bits per heavy atom. The first-order valence-corrected chi connectivity index (χ1v) is 2.87. The Kier molecular flexibility index (Phi) is 2.06. The van der Waals surface area contributed by atoms with Crippen LogP contribution in [0, 0.1) is 0 Å². The lowest BCUT2D eigenvalue weighted by Crippen LogP contribution is -2.30. The van der Waals surface area contributed by atoms with Gasteiger partial charge in [0, 0.05) is 6.54 Å². The quantitative estimate of drug-likeness (QED) is 0.465. The molecule has 0 saturated carbocycles. The maximum Gasteiger partial charge on any atom is 0.207 e. The summed E-state index contributed by atoms with van der Waals surface area (Å²) in [6, 6.07) is 0. The third-order valence-electron chi connectivity index (χ3n) is 1.10. The molecule has 1 rings (SSSR count). The number of nitrogens with one attached hydrogen (secondary N) is 2. The van der Waals surface area contributed by atoms with Crippen molar-refractivity contribution in [3.8, 4) is 0 Å². The zero-order valence-corrected chi connectivity index (χ0v) is 5.05. The Morgan fingerprint density at radius 1 is 1.89 bits per heavy atom. The highest BCUT2D eigenvalue weighted by molar-refractivity contribution is 5.86. The topological polar surface area (TPSA) is 53.5 Å². The number of aliphatic imine (C=N–C) groups is 1. The molecule has 1 heterocycles. The number of rotatable bonds is 3. The molecule has 0 unspecified atom stereocenters. The molecule has 50 valence electrons. The molecular formula is C5H9N3O. The summed E-state index contributed by atoms with van der Waals surface area (Å²) in [7, 11) is 0. The molecule has 0 fully saturated rings. The van der Waals surface area contributed by atoms with Gasteiger partial charge >= 0.3 is 0 Å². The van der Waals surface area contributed by atoms with E-state index in [1.807, 2.05) is 0 Å². The second-order valence-electron chi connectivity index (χ2n) is 1.75. The van der Waals surface area contributed by atoms with Gasteiger partial charge in [0.1, 0.15) is 5.84 Å². The zero-order chi connectivity index (χ0) is 6.53. The van der Waals surface area contributed by atoms with Crippen LogP contribution in [0.2, 0.25) is 0 Å². The largest absolute Gasteiger partial charge is 0.370 e. The molecular weight excluding hydrogens is 118 g/mol. The molecule has 0 aromatic heterocycles. The fourth-order valence-corrected chi connectivity index (χ4v) is 0.704. The fraction of sp³-hybridized carbons (Fsp3) is 0.600. The van der Waals surface area contributed by atoms with Crippen LogP contribution in [-0.2, 0) is 4.79 Å². The molecule has 0 aliphatic carbocycles. The first-order chi connectivity index (χ1) is 4.43. The van der Waals surface area contributed by atoms with Crippen molar-refractivity contribution in [1.29, 1.82) is 0 Å². The van der Waals surface area contributed by atoms with E-state index in [2.05, 4.69) is 15.6 Å². The highest BCUT2D eigenvalue weighted by Crippen LogP contribution is 1.81. The van der Waals surface area contributed by atoms with Gasteiger partial charge < -0.3 is 10.6 Å². The normalized spacial score (nSPS) is 16.2. The van der Waals surface area contributed by atoms with Crippen molar-refractivity contribution in [2.45, 2.75) is 0 Å². The molecule has 0 aromatic carbocycles. The Labute approximate surface area is 53.3 Å². The van der Waals surface area contributed by atoms with Crippen LogP contribution in [0.3, 0.4) is 0 Å². The standard InChI is InChI=1S/C5H9N3O/c9-4-6-3-5-7-1-2-8-5/h4H,1-3H2,(H,6,9)(H,7,8). The van der Waals surface area contributed by atoms with Gasteiger partial charge in [-0.25, -0.2) is 0 Å². The van der Waals surface area contributed by atoms with E-state index in [-0.39, 0.29) is 0 Å². The molecule has 0 bridgehead atoms. The highest BCUT2D eigenvalue weighted by atomic mass is 16.1. The number of carbonyl (C=O) groups is 1. The molecule has 0 spiro atoms. The van der Waals surface area contributed by atoms with Crippen LogP contribution in [0.1, 0.15) is 0 Å². The molecule has 0 radical (unpaired) electrons. The fourth-order valence-electron chi connectivity index (χ4n) is 0.704. The van der Waals surface area contributed by atoms with Gasteiger partial charge in [0.25, 0.3) is 0 Å². The SMILES string of the molecule is O=CNCC1=NCCN1. The van der Waals surface area contributed by atoms with Crippen molar-refractivity contribution >= 4 is 12.2 Å². The molecule has 1 amide bonds. The van der Waals surface area contributed by atoms with Gasteiger partial charge in [-0.05, 0) is 0 Å². The summed E-state index contributed by atoms with van der Waals surface area (Å²) >= 11 is 0. The molecule has 4 nitrogen and oxygen atoms in total. The maximum atomic E-state index is 9.77.